The fourth-order valence-corrected chi connectivity index (χ4v) is 3.11. The maximum atomic E-state index is 13.4. The number of aromatic nitrogens is 2. The van der Waals surface area contributed by atoms with Crippen molar-refractivity contribution < 1.29 is 9.18 Å². The summed E-state index contributed by atoms with van der Waals surface area (Å²) >= 11 is 3.28. The van der Waals surface area contributed by atoms with Crippen molar-refractivity contribution in [3.8, 4) is 5.69 Å². The van der Waals surface area contributed by atoms with Crippen molar-refractivity contribution in [3.05, 3.63) is 81.3 Å². The number of carbonyl (C=O) groups excluding carboxylic acids is 1. The number of amides is 1. The van der Waals surface area contributed by atoms with E-state index in [4.69, 9.17) is 0 Å². The van der Waals surface area contributed by atoms with Gasteiger partial charge in [0.2, 0.25) is 0 Å². The van der Waals surface area contributed by atoms with Gasteiger partial charge in [-0.1, -0.05) is 18.2 Å². The van der Waals surface area contributed by atoms with Crippen molar-refractivity contribution in [3.63, 3.8) is 0 Å². The first kappa shape index (κ1) is 17.4. The number of halogens is 2. The lowest BCUT2D eigenvalue weighted by Crippen LogP contribution is -2.24. The van der Waals surface area contributed by atoms with Gasteiger partial charge in [0.25, 0.3) is 5.91 Å². The van der Waals surface area contributed by atoms with Gasteiger partial charge in [0, 0.05) is 22.3 Å². The third-order valence-electron chi connectivity index (χ3n) is 4.04. The van der Waals surface area contributed by atoms with Gasteiger partial charge in [-0.3, -0.25) is 4.79 Å². The van der Waals surface area contributed by atoms with Crippen LogP contribution in [-0.4, -0.2) is 15.7 Å². The summed E-state index contributed by atoms with van der Waals surface area (Å²) < 4.78 is 15.8. The summed E-state index contributed by atoms with van der Waals surface area (Å²) in [5.74, 6) is -0.782. The summed E-state index contributed by atoms with van der Waals surface area (Å²) in [5, 5.41) is 7.40. The van der Waals surface area contributed by atoms with Crippen molar-refractivity contribution in [2.45, 2.75) is 20.4 Å². The molecule has 3 aromatic rings. The molecular formula is C19H17BrFN3O. The zero-order valence-electron chi connectivity index (χ0n) is 13.9. The Hall–Kier alpha value is -2.47. The molecule has 1 heterocycles. The van der Waals surface area contributed by atoms with E-state index < -0.39 is 5.82 Å². The van der Waals surface area contributed by atoms with Crippen LogP contribution in [0.1, 0.15) is 27.3 Å². The predicted octanol–water partition coefficient (Wildman–Crippen LogP) is 4.32. The minimum Gasteiger partial charge on any atom is -0.348 e. The van der Waals surface area contributed by atoms with Crippen molar-refractivity contribution in [1.29, 1.82) is 0 Å². The lowest BCUT2D eigenvalue weighted by atomic mass is 10.1. The summed E-state index contributed by atoms with van der Waals surface area (Å²) in [4.78, 5) is 12.4. The highest BCUT2D eigenvalue weighted by molar-refractivity contribution is 9.10. The van der Waals surface area contributed by atoms with E-state index in [2.05, 4.69) is 26.3 Å². The molecule has 0 unspecified atom stereocenters. The van der Waals surface area contributed by atoms with E-state index in [1.807, 2.05) is 48.9 Å². The molecule has 128 valence electrons. The lowest BCUT2D eigenvalue weighted by Gasteiger charge is -2.08. The number of para-hydroxylation sites is 1. The Bertz CT molecular complexity index is 922. The number of aryl methyl sites for hydroxylation is 1. The molecule has 25 heavy (non-hydrogen) atoms. The molecular weight excluding hydrogens is 385 g/mol. The predicted molar refractivity (Wildman–Crippen MR) is 98.3 cm³/mol. The van der Waals surface area contributed by atoms with Crippen LogP contribution in [0.3, 0.4) is 0 Å². The minimum atomic E-state index is -0.447. The highest BCUT2D eigenvalue weighted by atomic mass is 79.9. The fraction of sp³-hybridized carbons (Fsp3) is 0.158. The number of carbonyl (C=O) groups is 1. The van der Waals surface area contributed by atoms with E-state index in [-0.39, 0.29) is 11.5 Å². The Morgan fingerprint density at radius 2 is 1.92 bits per heavy atom. The van der Waals surface area contributed by atoms with Crippen LogP contribution < -0.4 is 5.32 Å². The molecule has 0 spiro atoms. The highest BCUT2D eigenvalue weighted by Gasteiger charge is 2.15. The van der Waals surface area contributed by atoms with Crippen LogP contribution in [0.2, 0.25) is 0 Å². The number of benzene rings is 2. The second-order valence-corrected chi connectivity index (χ2v) is 6.56. The maximum Gasteiger partial charge on any atom is 0.252 e. The van der Waals surface area contributed by atoms with E-state index in [1.165, 1.54) is 18.2 Å². The second kappa shape index (κ2) is 7.19. The molecule has 0 fully saturated rings. The number of hydrogen-bond acceptors (Lipinski definition) is 2. The molecule has 0 saturated heterocycles. The molecule has 6 heteroatoms. The monoisotopic (exact) mass is 401 g/mol. The highest BCUT2D eigenvalue weighted by Crippen LogP contribution is 2.20. The van der Waals surface area contributed by atoms with Crippen molar-refractivity contribution >= 4 is 21.8 Å². The topological polar surface area (TPSA) is 46.9 Å². The molecule has 0 aliphatic heterocycles. The van der Waals surface area contributed by atoms with Gasteiger partial charge in [0.1, 0.15) is 5.82 Å². The van der Waals surface area contributed by atoms with Crippen molar-refractivity contribution in [1.82, 2.24) is 15.1 Å². The molecule has 0 radical (unpaired) electrons. The van der Waals surface area contributed by atoms with Gasteiger partial charge in [0.05, 0.1) is 16.9 Å². The Morgan fingerprint density at radius 1 is 1.20 bits per heavy atom. The standard InChI is InChI=1S/C19H17BrFN3O/c1-12-17(13(2)24(23-12)15-6-4-3-5-7-15)11-22-19(25)16-10-14(21)8-9-18(16)20/h3-10H,11H2,1-2H3,(H,22,25). The molecule has 0 saturated carbocycles. The Labute approximate surface area is 153 Å². The number of rotatable bonds is 4. The van der Waals surface area contributed by atoms with Gasteiger partial charge in [-0.25, -0.2) is 9.07 Å². The molecule has 1 aromatic heterocycles. The maximum absolute atomic E-state index is 13.4. The first-order chi connectivity index (χ1) is 12.0. The third-order valence-corrected chi connectivity index (χ3v) is 4.73. The fourth-order valence-electron chi connectivity index (χ4n) is 2.69. The molecule has 0 aliphatic rings. The molecule has 3 rings (SSSR count). The normalized spacial score (nSPS) is 10.7. The molecule has 0 bridgehead atoms. The molecule has 2 aromatic carbocycles. The second-order valence-electron chi connectivity index (χ2n) is 5.70. The van der Waals surface area contributed by atoms with Crippen molar-refractivity contribution in [2.75, 3.05) is 0 Å². The summed E-state index contributed by atoms with van der Waals surface area (Å²) in [7, 11) is 0. The van der Waals surface area contributed by atoms with Crippen LogP contribution in [0.15, 0.2) is 53.0 Å². The zero-order chi connectivity index (χ0) is 18.0. The molecule has 4 nitrogen and oxygen atoms in total. The van der Waals surface area contributed by atoms with Crippen LogP contribution in [0.5, 0.6) is 0 Å². The van der Waals surface area contributed by atoms with E-state index in [1.54, 1.807) is 0 Å². The Balaban J connectivity index is 1.81. The van der Waals surface area contributed by atoms with Crippen molar-refractivity contribution in [2.24, 2.45) is 0 Å². The van der Waals surface area contributed by atoms with Crippen LogP contribution in [-0.2, 0) is 6.54 Å². The van der Waals surface area contributed by atoms with E-state index in [9.17, 15) is 9.18 Å². The van der Waals surface area contributed by atoms with Gasteiger partial charge in [-0.15, -0.1) is 0 Å². The summed E-state index contributed by atoms with van der Waals surface area (Å²) in [6.07, 6.45) is 0. The van der Waals surface area contributed by atoms with Gasteiger partial charge < -0.3 is 5.32 Å². The van der Waals surface area contributed by atoms with Gasteiger partial charge >= 0.3 is 0 Å². The number of hydrogen-bond donors (Lipinski definition) is 1. The largest absolute Gasteiger partial charge is 0.348 e. The summed E-state index contributed by atoms with van der Waals surface area (Å²) in [6, 6.07) is 13.9. The molecule has 1 amide bonds. The quantitative estimate of drug-likeness (QED) is 0.707. The SMILES string of the molecule is Cc1nn(-c2ccccc2)c(C)c1CNC(=O)c1cc(F)ccc1Br. The third kappa shape index (κ3) is 3.64. The van der Waals surface area contributed by atoms with E-state index >= 15 is 0 Å². The molecule has 0 aliphatic carbocycles. The first-order valence-electron chi connectivity index (χ1n) is 7.81. The molecule has 1 N–H and O–H groups in total. The average Bonchev–Trinajstić information content (AvgIpc) is 2.90. The van der Waals surface area contributed by atoms with Gasteiger partial charge in [-0.05, 0) is 60.1 Å². The Kier molecular flexibility index (Phi) is 4.99. The smallest absolute Gasteiger partial charge is 0.252 e. The van der Waals surface area contributed by atoms with E-state index in [0.29, 0.717) is 11.0 Å². The Morgan fingerprint density at radius 3 is 2.64 bits per heavy atom. The van der Waals surface area contributed by atoms with Crippen LogP contribution in [0.4, 0.5) is 4.39 Å². The van der Waals surface area contributed by atoms with E-state index in [0.717, 1.165) is 22.6 Å². The van der Waals surface area contributed by atoms with Gasteiger partial charge in [0.15, 0.2) is 0 Å². The van der Waals surface area contributed by atoms with Crippen LogP contribution >= 0.6 is 15.9 Å². The molecule has 0 atom stereocenters. The van der Waals surface area contributed by atoms with Gasteiger partial charge in [-0.2, -0.15) is 5.10 Å². The zero-order valence-corrected chi connectivity index (χ0v) is 15.5. The summed E-state index contributed by atoms with van der Waals surface area (Å²) in [6.45, 7) is 4.20. The van der Waals surface area contributed by atoms with Crippen LogP contribution in [0.25, 0.3) is 5.69 Å². The van der Waals surface area contributed by atoms with Crippen LogP contribution in [0, 0.1) is 19.7 Å². The minimum absolute atomic E-state index is 0.269. The number of nitrogens with one attached hydrogen (secondary N) is 1. The first-order valence-corrected chi connectivity index (χ1v) is 8.60. The average molecular weight is 402 g/mol. The number of nitrogens with zero attached hydrogens (tertiary/aromatic N) is 2. The lowest BCUT2D eigenvalue weighted by molar-refractivity contribution is 0.0949. The summed E-state index contributed by atoms with van der Waals surface area (Å²) in [5.41, 5.74) is 3.99.